The summed E-state index contributed by atoms with van der Waals surface area (Å²) in [7, 11) is 2.03. The average molecular weight is 440 g/mol. The van der Waals surface area contributed by atoms with Crippen LogP contribution in [0, 0.1) is 17.8 Å². The predicted octanol–water partition coefficient (Wildman–Crippen LogP) is 5.90. The zero-order valence-electron chi connectivity index (χ0n) is 19.3. The monoisotopic (exact) mass is 439 g/mol. The molecule has 168 valence electrons. The van der Waals surface area contributed by atoms with Crippen molar-refractivity contribution < 1.29 is 4.79 Å². The fourth-order valence-corrected chi connectivity index (χ4v) is 6.40. The van der Waals surface area contributed by atoms with E-state index >= 15 is 0 Å². The quantitative estimate of drug-likeness (QED) is 0.574. The van der Waals surface area contributed by atoms with E-state index in [0.717, 1.165) is 40.5 Å². The average Bonchev–Trinajstić information content (AvgIpc) is 3.07. The standard InChI is InChI=1S/C26H37N3OS/c1-18(2)22-7-9-23(10-8-22)28-25(30)16-24-17-31-26(29(24)3)27-12-11-21-14-19-5-4-6-20(13-19)15-21/h7-10,17-21H,4-6,11-16H2,1-3H3,(H,28,30)/b27-26-. The Morgan fingerprint density at radius 3 is 2.55 bits per heavy atom. The smallest absolute Gasteiger partial charge is 0.230 e. The van der Waals surface area contributed by atoms with E-state index in [9.17, 15) is 4.79 Å². The minimum absolute atomic E-state index is 0.0194. The van der Waals surface area contributed by atoms with Crippen LogP contribution in [0.25, 0.3) is 0 Å². The van der Waals surface area contributed by atoms with Crippen molar-refractivity contribution in [3.8, 4) is 0 Å². The van der Waals surface area contributed by atoms with E-state index in [1.165, 1.54) is 50.5 Å². The molecule has 2 atom stereocenters. The summed E-state index contributed by atoms with van der Waals surface area (Å²) in [6, 6.07) is 8.14. The second-order valence-electron chi connectivity index (χ2n) is 9.98. The number of benzene rings is 1. The molecule has 2 unspecified atom stereocenters. The molecule has 5 heteroatoms. The van der Waals surface area contributed by atoms with Gasteiger partial charge in [0.05, 0.1) is 6.42 Å². The number of thiazole rings is 1. The van der Waals surface area contributed by atoms with Crippen molar-refractivity contribution in [1.82, 2.24) is 4.57 Å². The summed E-state index contributed by atoms with van der Waals surface area (Å²) < 4.78 is 2.09. The summed E-state index contributed by atoms with van der Waals surface area (Å²) in [6.07, 6.45) is 10.3. The zero-order valence-corrected chi connectivity index (χ0v) is 20.1. The molecular weight excluding hydrogens is 402 g/mol. The molecular formula is C26H37N3OS. The molecule has 4 rings (SSSR count). The second kappa shape index (κ2) is 10.2. The number of anilines is 1. The van der Waals surface area contributed by atoms with Crippen LogP contribution in [0.1, 0.15) is 76.0 Å². The fourth-order valence-electron chi connectivity index (χ4n) is 5.47. The minimum Gasteiger partial charge on any atom is -0.326 e. The zero-order chi connectivity index (χ0) is 21.8. The minimum atomic E-state index is 0.0194. The molecule has 31 heavy (non-hydrogen) atoms. The number of nitrogens with one attached hydrogen (secondary N) is 1. The molecule has 2 fully saturated rings. The molecule has 1 aromatic heterocycles. The van der Waals surface area contributed by atoms with E-state index in [4.69, 9.17) is 4.99 Å². The van der Waals surface area contributed by atoms with Crippen molar-refractivity contribution in [2.75, 3.05) is 11.9 Å². The van der Waals surface area contributed by atoms with Gasteiger partial charge in [-0.1, -0.05) is 45.2 Å². The van der Waals surface area contributed by atoms with Crippen LogP contribution in [0.2, 0.25) is 0 Å². The first-order valence-electron chi connectivity index (χ1n) is 12.0. The Bertz CT molecular complexity index is 928. The van der Waals surface area contributed by atoms with Gasteiger partial charge in [-0.15, -0.1) is 11.3 Å². The summed E-state index contributed by atoms with van der Waals surface area (Å²) in [6.45, 7) is 5.26. The van der Waals surface area contributed by atoms with Crippen LogP contribution in [-0.4, -0.2) is 17.0 Å². The van der Waals surface area contributed by atoms with E-state index in [1.54, 1.807) is 11.3 Å². The number of carbonyl (C=O) groups is 1. The number of nitrogens with zero attached hydrogens (tertiary/aromatic N) is 2. The highest BCUT2D eigenvalue weighted by Crippen LogP contribution is 2.43. The lowest BCUT2D eigenvalue weighted by Gasteiger charge is -2.39. The highest BCUT2D eigenvalue weighted by Gasteiger charge is 2.31. The van der Waals surface area contributed by atoms with Crippen LogP contribution in [0.3, 0.4) is 0 Å². The number of aromatic nitrogens is 1. The number of rotatable bonds is 7. The van der Waals surface area contributed by atoms with Crippen molar-refractivity contribution in [2.45, 2.75) is 71.1 Å². The number of fused-ring (bicyclic) bond motifs is 2. The molecule has 1 N–H and O–H groups in total. The molecule has 0 saturated heterocycles. The third-order valence-corrected chi connectivity index (χ3v) is 8.23. The van der Waals surface area contributed by atoms with E-state index in [0.29, 0.717) is 12.3 Å². The van der Waals surface area contributed by atoms with Gasteiger partial charge in [-0.2, -0.15) is 0 Å². The lowest BCUT2D eigenvalue weighted by molar-refractivity contribution is -0.115. The molecule has 1 aromatic carbocycles. The second-order valence-corrected chi connectivity index (χ2v) is 10.8. The van der Waals surface area contributed by atoms with Crippen molar-refractivity contribution >= 4 is 22.9 Å². The van der Waals surface area contributed by atoms with E-state index in [1.807, 2.05) is 19.2 Å². The van der Waals surface area contributed by atoms with Crippen LogP contribution in [0.15, 0.2) is 34.6 Å². The maximum absolute atomic E-state index is 12.5. The SMILES string of the molecule is CC(C)c1ccc(NC(=O)Cc2cs/c(=N\CCC3CC4CCCC(C4)C3)n2C)cc1. The summed E-state index contributed by atoms with van der Waals surface area (Å²) in [4.78, 5) is 18.4. The Morgan fingerprint density at radius 2 is 1.87 bits per heavy atom. The normalized spacial score (nSPS) is 23.9. The molecule has 1 amide bonds. The molecule has 4 nitrogen and oxygen atoms in total. The Labute approximate surface area is 190 Å². The molecule has 2 aliphatic carbocycles. The largest absolute Gasteiger partial charge is 0.326 e. The molecule has 2 saturated carbocycles. The lowest BCUT2D eigenvalue weighted by atomic mass is 9.67. The van der Waals surface area contributed by atoms with E-state index in [2.05, 4.69) is 41.2 Å². The van der Waals surface area contributed by atoms with Gasteiger partial charge in [0.15, 0.2) is 4.80 Å². The van der Waals surface area contributed by atoms with Crippen LogP contribution in [-0.2, 0) is 18.3 Å². The Morgan fingerprint density at radius 1 is 1.16 bits per heavy atom. The first kappa shape index (κ1) is 22.3. The number of carbonyl (C=O) groups excluding carboxylic acids is 1. The van der Waals surface area contributed by atoms with Gasteiger partial charge in [0.25, 0.3) is 0 Å². The van der Waals surface area contributed by atoms with Gasteiger partial charge < -0.3 is 9.88 Å². The van der Waals surface area contributed by atoms with Gasteiger partial charge in [-0.3, -0.25) is 9.79 Å². The highest BCUT2D eigenvalue weighted by atomic mass is 32.1. The van der Waals surface area contributed by atoms with Gasteiger partial charge in [-0.05, 0) is 67.1 Å². The first-order valence-corrected chi connectivity index (χ1v) is 12.9. The van der Waals surface area contributed by atoms with E-state index in [-0.39, 0.29) is 5.91 Å². The van der Waals surface area contributed by atoms with Crippen LogP contribution < -0.4 is 10.1 Å². The molecule has 2 aromatic rings. The van der Waals surface area contributed by atoms with Crippen LogP contribution >= 0.6 is 11.3 Å². The molecule has 1 heterocycles. The number of hydrogen-bond acceptors (Lipinski definition) is 3. The summed E-state index contributed by atoms with van der Waals surface area (Å²) >= 11 is 1.65. The van der Waals surface area contributed by atoms with Gasteiger partial charge in [0.2, 0.25) is 5.91 Å². The predicted molar refractivity (Wildman–Crippen MR) is 129 cm³/mol. The highest BCUT2D eigenvalue weighted by molar-refractivity contribution is 7.07. The number of amides is 1. The van der Waals surface area contributed by atoms with Gasteiger partial charge in [-0.25, -0.2) is 0 Å². The maximum Gasteiger partial charge on any atom is 0.230 e. The van der Waals surface area contributed by atoms with Crippen molar-refractivity contribution in [2.24, 2.45) is 29.8 Å². The Kier molecular flexibility index (Phi) is 7.31. The maximum atomic E-state index is 12.5. The van der Waals surface area contributed by atoms with Gasteiger partial charge in [0.1, 0.15) is 0 Å². The third-order valence-electron chi connectivity index (χ3n) is 7.23. The lowest BCUT2D eigenvalue weighted by Crippen LogP contribution is -2.27. The summed E-state index contributed by atoms with van der Waals surface area (Å²) in [5.41, 5.74) is 3.16. The van der Waals surface area contributed by atoms with Crippen molar-refractivity contribution in [3.05, 3.63) is 45.7 Å². The van der Waals surface area contributed by atoms with Crippen molar-refractivity contribution in [1.29, 1.82) is 0 Å². The molecule has 0 aliphatic heterocycles. The van der Waals surface area contributed by atoms with Crippen LogP contribution in [0.5, 0.6) is 0 Å². The molecule has 0 radical (unpaired) electrons. The summed E-state index contributed by atoms with van der Waals surface area (Å²) in [5, 5.41) is 5.09. The van der Waals surface area contributed by atoms with Crippen molar-refractivity contribution in [3.63, 3.8) is 0 Å². The van der Waals surface area contributed by atoms with Gasteiger partial charge in [0, 0.05) is 30.4 Å². The first-order chi connectivity index (χ1) is 15.0. The Balaban J connectivity index is 1.29. The van der Waals surface area contributed by atoms with Crippen LogP contribution in [0.4, 0.5) is 5.69 Å². The topological polar surface area (TPSA) is 46.4 Å². The van der Waals surface area contributed by atoms with E-state index < -0.39 is 0 Å². The Hall–Kier alpha value is -1.88. The summed E-state index contributed by atoms with van der Waals surface area (Å²) in [5.74, 6) is 3.36. The molecule has 0 spiro atoms. The fraction of sp³-hybridized carbons (Fsp3) is 0.615. The number of hydrogen-bond donors (Lipinski definition) is 1. The third kappa shape index (κ3) is 5.88. The molecule has 2 bridgehead atoms. The van der Waals surface area contributed by atoms with Gasteiger partial charge >= 0.3 is 0 Å². The molecule has 2 aliphatic rings.